The first kappa shape index (κ1) is 10.8. The third kappa shape index (κ3) is 2.63. The lowest BCUT2D eigenvalue weighted by Gasteiger charge is -2.10. The van der Waals surface area contributed by atoms with Crippen molar-refractivity contribution in [2.75, 3.05) is 6.61 Å². The van der Waals surface area contributed by atoms with Crippen molar-refractivity contribution in [1.29, 1.82) is 0 Å². The molecule has 0 heterocycles. The zero-order valence-corrected chi connectivity index (χ0v) is 9.48. The maximum Gasteiger partial charge on any atom is 0.120 e. The topological polar surface area (TPSA) is 9.23 Å². The van der Waals surface area contributed by atoms with Crippen LogP contribution in [0, 0.1) is 20.8 Å². The Balaban J connectivity index is 2.84. The van der Waals surface area contributed by atoms with E-state index in [9.17, 15) is 0 Å². The van der Waals surface area contributed by atoms with Gasteiger partial charge in [0.2, 0.25) is 0 Å². The quantitative estimate of drug-likeness (QED) is 0.662. The van der Waals surface area contributed by atoms with Crippen LogP contribution in [-0.2, 0) is 0 Å². The number of benzene rings is 1. The van der Waals surface area contributed by atoms with Gasteiger partial charge in [0.25, 0.3) is 0 Å². The van der Waals surface area contributed by atoms with Crippen molar-refractivity contribution in [2.45, 2.75) is 27.7 Å². The van der Waals surface area contributed by atoms with Gasteiger partial charge in [0.05, 0.1) is 0 Å². The molecule has 1 aromatic carbocycles. The lowest BCUT2D eigenvalue weighted by atomic mass is 10.0. The van der Waals surface area contributed by atoms with Crippen LogP contribution in [0.3, 0.4) is 0 Å². The van der Waals surface area contributed by atoms with Crippen LogP contribution in [0.2, 0.25) is 0 Å². The minimum Gasteiger partial charge on any atom is -0.489 e. The van der Waals surface area contributed by atoms with Gasteiger partial charge < -0.3 is 4.74 Å². The highest BCUT2D eigenvalue weighted by Gasteiger charge is 2.01. The third-order valence-electron chi connectivity index (χ3n) is 2.39. The maximum absolute atomic E-state index is 5.58. The number of ether oxygens (including phenoxy) is 1. The molecule has 0 aliphatic carbocycles. The van der Waals surface area contributed by atoms with Crippen LogP contribution in [0.5, 0.6) is 5.75 Å². The molecule has 1 aromatic rings. The molecule has 0 bridgehead atoms. The summed E-state index contributed by atoms with van der Waals surface area (Å²) in [6.07, 6.45) is 0. The second kappa shape index (κ2) is 4.32. The fourth-order valence-electron chi connectivity index (χ4n) is 1.29. The van der Waals surface area contributed by atoms with E-state index in [1.54, 1.807) is 0 Å². The molecule has 0 saturated carbocycles. The van der Waals surface area contributed by atoms with Crippen molar-refractivity contribution < 1.29 is 4.74 Å². The monoisotopic (exact) mass is 190 g/mol. The van der Waals surface area contributed by atoms with Crippen LogP contribution in [0.15, 0.2) is 24.3 Å². The predicted octanol–water partition coefficient (Wildman–Crippen LogP) is 3.57. The average Bonchev–Trinajstić information content (AvgIpc) is 2.10. The summed E-state index contributed by atoms with van der Waals surface area (Å²) in [5.74, 6) is 0.939. The lowest BCUT2D eigenvalue weighted by molar-refractivity contribution is 0.352. The summed E-state index contributed by atoms with van der Waals surface area (Å²) >= 11 is 0. The van der Waals surface area contributed by atoms with Crippen LogP contribution in [-0.4, -0.2) is 6.61 Å². The van der Waals surface area contributed by atoms with Crippen molar-refractivity contribution >= 4 is 0 Å². The van der Waals surface area contributed by atoms with Crippen molar-refractivity contribution in [3.8, 4) is 5.75 Å². The molecule has 0 aliphatic rings. The fourth-order valence-corrected chi connectivity index (χ4v) is 1.29. The van der Waals surface area contributed by atoms with E-state index in [2.05, 4.69) is 39.5 Å². The zero-order valence-electron chi connectivity index (χ0n) is 9.48. The first-order chi connectivity index (χ1) is 6.50. The predicted molar refractivity (Wildman–Crippen MR) is 61.0 cm³/mol. The molecule has 0 spiro atoms. The van der Waals surface area contributed by atoms with Crippen LogP contribution >= 0.6 is 0 Å². The van der Waals surface area contributed by atoms with Gasteiger partial charge in [-0.15, -0.1) is 0 Å². The Labute approximate surface area is 86.4 Å². The van der Waals surface area contributed by atoms with Crippen LogP contribution in [0.25, 0.3) is 0 Å². The molecular formula is C13H18O. The Kier molecular flexibility index (Phi) is 3.34. The van der Waals surface area contributed by atoms with Crippen LogP contribution < -0.4 is 4.74 Å². The lowest BCUT2D eigenvalue weighted by Crippen LogP contribution is -1.99. The fraction of sp³-hybridized carbons (Fsp3) is 0.385. The van der Waals surface area contributed by atoms with Gasteiger partial charge in [-0.2, -0.15) is 0 Å². The molecule has 1 rings (SSSR count). The first-order valence-corrected chi connectivity index (χ1v) is 4.85. The van der Waals surface area contributed by atoms with Crippen LogP contribution in [0.4, 0.5) is 0 Å². The Morgan fingerprint density at radius 3 is 2.14 bits per heavy atom. The van der Waals surface area contributed by atoms with E-state index in [1.165, 1.54) is 16.7 Å². The Morgan fingerprint density at radius 1 is 1.21 bits per heavy atom. The molecule has 0 saturated heterocycles. The van der Waals surface area contributed by atoms with Crippen molar-refractivity contribution in [3.05, 3.63) is 41.0 Å². The molecule has 14 heavy (non-hydrogen) atoms. The van der Waals surface area contributed by atoms with Gasteiger partial charge in [0.15, 0.2) is 0 Å². The molecular weight excluding hydrogens is 172 g/mol. The SMILES string of the molecule is C=C(C)COc1cc(C)c(C)c(C)c1. The van der Waals surface area contributed by atoms with E-state index < -0.39 is 0 Å². The molecule has 0 fully saturated rings. The van der Waals surface area contributed by atoms with E-state index in [0.29, 0.717) is 6.61 Å². The first-order valence-electron chi connectivity index (χ1n) is 4.85. The van der Waals surface area contributed by atoms with Gasteiger partial charge >= 0.3 is 0 Å². The van der Waals surface area contributed by atoms with Gasteiger partial charge in [-0.05, 0) is 62.1 Å². The van der Waals surface area contributed by atoms with E-state index >= 15 is 0 Å². The van der Waals surface area contributed by atoms with Crippen LogP contribution in [0.1, 0.15) is 23.6 Å². The summed E-state index contributed by atoms with van der Waals surface area (Å²) in [5, 5.41) is 0. The van der Waals surface area contributed by atoms with Crippen molar-refractivity contribution in [3.63, 3.8) is 0 Å². The van der Waals surface area contributed by atoms with Gasteiger partial charge in [-0.3, -0.25) is 0 Å². The highest BCUT2D eigenvalue weighted by Crippen LogP contribution is 2.21. The highest BCUT2D eigenvalue weighted by atomic mass is 16.5. The molecule has 1 heteroatoms. The summed E-state index contributed by atoms with van der Waals surface area (Å²) in [6.45, 7) is 12.7. The summed E-state index contributed by atoms with van der Waals surface area (Å²) in [7, 11) is 0. The molecule has 76 valence electrons. The molecule has 0 atom stereocenters. The van der Waals surface area contributed by atoms with Gasteiger partial charge in [0, 0.05) is 0 Å². The molecule has 0 aliphatic heterocycles. The highest BCUT2D eigenvalue weighted by molar-refractivity contribution is 5.40. The van der Waals surface area contributed by atoms with E-state index in [1.807, 2.05) is 6.92 Å². The summed E-state index contributed by atoms with van der Waals surface area (Å²) in [5.41, 5.74) is 4.94. The minimum absolute atomic E-state index is 0.599. The summed E-state index contributed by atoms with van der Waals surface area (Å²) < 4.78 is 5.58. The van der Waals surface area contributed by atoms with E-state index in [-0.39, 0.29) is 0 Å². The minimum atomic E-state index is 0.599. The second-order valence-electron chi connectivity index (χ2n) is 3.93. The smallest absolute Gasteiger partial charge is 0.120 e. The molecule has 1 nitrogen and oxygen atoms in total. The molecule has 0 radical (unpaired) electrons. The Hall–Kier alpha value is -1.24. The molecule has 0 aromatic heterocycles. The molecule has 0 N–H and O–H groups in total. The standard InChI is InChI=1S/C13H18O/c1-9(2)8-14-13-6-10(3)12(5)11(4)7-13/h6-7H,1,8H2,2-5H3. The Bertz CT molecular complexity index is 327. The number of rotatable bonds is 3. The van der Waals surface area contributed by atoms with Crippen molar-refractivity contribution in [2.24, 2.45) is 0 Å². The third-order valence-corrected chi connectivity index (χ3v) is 2.39. The molecule has 0 amide bonds. The van der Waals surface area contributed by atoms with Gasteiger partial charge in [-0.1, -0.05) is 6.58 Å². The Morgan fingerprint density at radius 2 is 1.71 bits per heavy atom. The molecule has 0 unspecified atom stereocenters. The normalized spacial score (nSPS) is 10.0. The number of aryl methyl sites for hydroxylation is 2. The number of hydrogen-bond donors (Lipinski definition) is 0. The summed E-state index contributed by atoms with van der Waals surface area (Å²) in [4.78, 5) is 0. The van der Waals surface area contributed by atoms with E-state index in [0.717, 1.165) is 11.3 Å². The van der Waals surface area contributed by atoms with Crippen molar-refractivity contribution in [1.82, 2.24) is 0 Å². The second-order valence-corrected chi connectivity index (χ2v) is 3.93. The largest absolute Gasteiger partial charge is 0.489 e. The zero-order chi connectivity index (χ0) is 10.7. The number of hydrogen-bond acceptors (Lipinski definition) is 1. The van der Waals surface area contributed by atoms with Gasteiger partial charge in [-0.25, -0.2) is 0 Å². The van der Waals surface area contributed by atoms with Gasteiger partial charge in [0.1, 0.15) is 12.4 Å². The summed E-state index contributed by atoms with van der Waals surface area (Å²) in [6, 6.07) is 4.15. The maximum atomic E-state index is 5.58. The average molecular weight is 190 g/mol. The van der Waals surface area contributed by atoms with E-state index in [4.69, 9.17) is 4.74 Å².